The third-order valence-corrected chi connectivity index (χ3v) is 2.20. The molecule has 0 amide bonds. The molecule has 0 radical (unpaired) electrons. The SMILES string of the molecule is CC(C)Cn1ccnc1CN=C(N)N(C)C.I. The highest BCUT2D eigenvalue weighted by Crippen LogP contribution is 2.04. The lowest BCUT2D eigenvalue weighted by Crippen LogP contribution is -2.30. The third-order valence-electron chi connectivity index (χ3n) is 2.20. The second kappa shape index (κ2) is 7.52. The number of nitrogens with zero attached hydrogens (tertiary/aromatic N) is 4. The molecule has 1 aromatic rings. The fraction of sp³-hybridized carbons (Fsp3) is 0.636. The Morgan fingerprint density at radius 1 is 1.53 bits per heavy atom. The van der Waals surface area contributed by atoms with Crippen molar-refractivity contribution in [1.82, 2.24) is 14.5 Å². The van der Waals surface area contributed by atoms with Gasteiger partial charge >= 0.3 is 0 Å². The van der Waals surface area contributed by atoms with E-state index < -0.39 is 0 Å². The number of imidazole rings is 1. The Hall–Kier alpha value is -0.790. The molecule has 1 rings (SSSR count). The maximum absolute atomic E-state index is 5.72. The lowest BCUT2D eigenvalue weighted by Gasteiger charge is -2.11. The van der Waals surface area contributed by atoms with E-state index in [1.54, 1.807) is 11.1 Å². The van der Waals surface area contributed by atoms with Crippen molar-refractivity contribution < 1.29 is 0 Å². The van der Waals surface area contributed by atoms with Crippen molar-refractivity contribution in [2.75, 3.05) is 14.1 Å². The molecule has 5 nitrogen and oxygen atoms in total. The molecule has 1 aromatic heterocycles. The fourth-order valence-electron chi connectivity index (χ4n) is 1.34. The van der Waals surface area contributed by atoms with Crippen molar-refractivity contribution in [3.63, 3.8) is 0 Å². The summed E-state index contributed by atoms with van der Waals surface area (Å²) in [6, 6.07) is 0. The lowest BCUT2D eigenvalue weighted by atomic mass is 10.2. The van der Waals surface area contributed by atoms with Crippen LogP contribution in [-0.2, 0) is 13.1 Å². The van der Waals surface area contributed by atoms with Crippen LogP contribution in [0.2, 0.25) is 0 Å². The number of nitrogens with two attached hydrogens (primary N) is 1. The van der Waals surface area contributed by atoms with Gasteiger partial charge in [-0.05, 0) is 5.92 Å². The van der Waals surface area contributed by atoms with Crippen LogP contribution in [0.3, 0.4) is 0 Å². The molecule has 0 spiro atoms. The van der Waals surface area contributed by atoms with Crippen LogP contribution in [0.5, 0.6) is 0 Å². The van der Waals surface area contributed by atoms with E-state index in [2.05, 4.69) is 28.4 Å². The largest absolute Gasteiger partial charge is 0.370 e. The zero-order valence-electron chi connectivity index (χ0n) is 10.9. The van der Waals surface area contributed by atoms with Crippen molar-refractivity contribution in [2.45, 2.75) is 26.9 Å². The minimum atomic E-state index is 0. The van der Waals surface area contributed by atoms with Crippen molar-refractivity contribution >= 4 is 29.9 Å². The van der Waals surface area contributed by atoms with Gasteiger partial charge in [-0.15, -0.1) is 24.0 Å². The molecule has 0 aliphatic heterocycles. The first-order valence-electron chi connectivity index (χ1n) is 5.48. The minimum absolute atomic E-state index is 0. The molecule has 0 aliphatic rings. The van der Waals surface area contributed by atoms with E-state index in [4.69, 9.17) is 5.73 Å². The number of aliphatic imine (C=N–C) groups is 1. The van der Waals surface area contributed by atoms with E-state index >= 15 is 0 Å². The summed E-state index contributed by atoms with van der Waals surface area (Å²) in [4.78, 5) is 10.3. The minimum Gasteiger partial charge on any atom is -0.370 e. The van der Waals surface area contributed by atoms with Gasteiger partial charge in [0.15, 0.2) is 5.96 Å². The molecule has 0 atom stereocenters. The van der Waals surface area contributed by atoms with Crippen LogP contribution in [0.25, 0.3) is 0 Å². The molecule has 0 unspecified atom stereocenters. The van der Waals surface area contributed by atoms with E-state index in [1.807, 2.05) is 20.3 Å². The Labute approximate surface area is 120 Å². The van der Waals surface area contributed by atoms with E-state index in [0.29, 0.717) is 18.4 Å². The quantitative estimate of drug-likeness (QED) is 0.509. The molecule has 0 fully saturated rings. The molecule has 17 heavy (non-hydrogen) atoms. The average molecular weight is 351 g/mol. The first kappa shape index (κ1) is 16.2. The third kappa shape index (κ3) is 5.38. The zero-order valence-corrected chi connectivity index (χ0v) is 13.3. The molecule has 0 saturated heterocycles. The standard InChI is InChI=1S/C11H21N5.HI/c1-9(2)8-16-6-5-13-10(16)7-14-11(12)15(3)4;/h5-6,9H,7-8H2,1-4H3,(H2,12,14);1H. The van der Waals surface area contributed by atoms with Gasteiger partial charge in [0, 0.05) is 33.0 Å². The van der Waals surface area contributed by atoms with E-state index in [1.165, 1.54) is 0 Å². The van der Waals surface area contributed by atoms with Crippen molar-refractivity contribution in [3.8, 4) is 0 Å². The first-order valence-corrected chi connectivity index (χ1v) is 5.48. The summed E-state index contributed by atoms with van der Waals surface area (Å²) in [5, 5.41) is 0. The Morgan fingerprint density at radius 3 is 2.71 bits per heavy atom. The highest BCUT2D eigenvalue weighted by Gasteiger charge is 2.04. The average Bonchev–Trinajstić information content (AvgIpc) is 2.60. The fourth-order valence-corrected chi connectivity index (χ4v) is 1.34. The van der Waals surface area contributed by atoms with Gasteiger partial charge in [0.05, 0.1) is 0 Å². The molecular formula is C11H22IN5. The van der Waals surface area contributed by atoms with E-state index in [9.17, 15) is 0 Å². The Kier molecular flexibility index (Phi) is 7.17. The molecule has 6 heteroatoms. The number of hydrogen-bond donors (Lipinski definition) is 1. The summed E-state index contributed by atoms with van der Waals surface area (Å²) in [5.41, 5.74) is 5.72. The summed E-state index contributed by atoms with van der Waals surface area (Å²) < 4.78 is 2.12. The van der Waals surface area contributed by atoms with Crippen LogP contribution in [0, 0.1) is 5.92 Å². The summed E-state index contributed by atoms with van der Waals surface area (Å²) in [7, 11) is 3.75. The van der Waals surface area contributed by atoms with Crippen LogP contribution >= 0.6 is 24.0 Å². The molecule has 1 heterocycles. The topological polar surface area (TPSA) is 59.4 Å². The van der Waals surface area contributed by atoms with Crippen LogP contribution in [0.15, 0.2) is 17.4 Å². The van der Waals surface area contributed by atoms with Gasteiger partial charge in [-0.1, -0.05) is 13.8 Å². The molecule has 0 aliphatic carbocycles. The number of guanidine groups is 1. The highest BCUT2D eigenvalue weighted by atomic mass is 127. The molecule has 98 valence electrons. The summed E-state index contributed by atoms with van der Waals surface area (Å²) in [5.74, 6) is 2.08. The predicted octanol–water partition coefficient (Wildman–Crippen LogP) is 1.53. The van der Waals surface area contributed by atoms with Gasteiger partial charge in [-0.25, -0.2) is 9.98 Å². The number of aromatic nitrogens is 2. The van der Waals surface area contributed by atoms with Gasteiger partial charge in [0.25, 0.3) is 0 Å². The van der Waals surface area contributed by atoms with Gasteiger partial charge in [-0.3, -0.25) is 0 Å². The maximum Gasteiger partial charge on any atom is 0.191 e. The van der Waals surface area contributed by atoms with E-state index in [-0.39, 0.29) is 24.0 Å². The summed E-state index contributed by atoms with van der Waals surface area (Å²) >= 11 is 0. The van der Waals surface area contributed by atoms with Crippen molar-refractivity contribution in [2.24, 2.45) is 16.6 Å². The molecular weight excluding hydrogens is 329 g/mol. The Morgan fingerprint density at radius 2 is 2.18 bits per heavy atom. The number of rotatable bonds is 4. The molecule has 0 aromatic carbocycles. The van der Waals surface area contributed by atoms with Crippen molar-refractivity contribution in [1.29, 1.82) is 0 Å². The zero-order chi connectivity index (χ0) is 12.1. The van der Waals surface area contributed by atoms with Crippen LogP contribution < -0.4 is 5.73 Å². The van der Waals surface area contributed by atoms with Crippen LogP contribution in [0.4, 0.5) is 0 Å². The smallest absolute Gasteiger partial charge is 0.191 e. The van der Waals surface area contributed by atoms with Gasteiger partial charge in [-0.2, -0.15) is 0 Å². The van der Waals surface area contributed by atoms with Crippen molar-refractivity contribution in [3.05, 3.63) is 18.2 Å². The predicted molar refractivity (Wildman–Crippen MR) is 81.5 cm³/mol. The van der Waals surface area contributed by atoms with Gasteiger partial charge in [0.2, 0.25) is 0 Å². The molecule has 2 N–H and O–H groups in total. The van der Waals surface area contributed by atoms with Crippen LogP contribution in [0.1, 0.15) is 19.7 Å². The number of halogens is 1. The van der Waals surface area contributed by atoms with Gasteiger partial charge in [0.1, 0.15) is 12.4 Å². The molecule has 0 saturated carbocycles. The highest BCUT2D eigenvalue weighted by molar-refractivity contribution is 14.0. The van der Waals surface area contributed by atoms with E-state index in [0.717, 1.165) is 12.4 Å². The van der Waals surface area contributed by atoms with Crippen LogP contribution in [-0.4, -0.2) is 34.5 Å². The second-order valence-electron chi connectivity index (χ2n) is 4.46. The maximum atomic E-state index is 5.72. The molecule has 0 bridgehead atoms. The monoisotopic (exact) mass is 351 g/mol. The summed E-state index contributed by atoms with van der Waals surface area (Å²) in [6.45, 7) is 5.86. The Balaban J connectivity index is 0.00000256. The van der Waals surface area contributed by atoms with Gasteiger partial charge < -0.3 is 15.2 Å². The first-order chi connectivity index (χ1) is 7.50. The lowest BCUT2D eigenvalue weighted by molar-refractivity contribution is 0.506. The summed E-state index contributed by atoms with van der Waals surface area (Å²) in [6.07, 6.45) is 3.79. The normalized spacial score (nSPS) is 11.5. The second-order valence-corrected chi connectivity index (χ2v) is 4.46. The number of hydrogen-bond acceptors (Lipinski definition) is 2. The Bertz CT molecular complexity index is 356.